The number of benzene rings is 1. The topological polar surface area (TPSA) is 62.6 Å². The van der Waals surface area contributed by atoms with Gasteiger partial charge in [0.25, 0.3) is 0 Å². The number of hydrogen-bond acceptors (Lipinski definition) is 4. The van der Waals surface area contributed by atoms with Crippen molar-refractivity contribution < 1.29 is 13.9 Å². The molecule has 7 nitrogen and oxygen atoms in total. The van der Waals surface area contributed by atoms with Crippen molar-refractivity contribution in [3.8, 4) is 0 Å². The van der Waals surface area contributed by atoms with Crippen LogP contribution in [-0.2, 0) is 4.74 Å². The van der Waals surface area contributed by atoms with Crippen molar-refractivity contribution in [3.63, 3.8) is 0 Å². The highest BCUT2D eigenvalue weighted by Crippen LogP contribution is 2.29. The van der Waals surface area contributed by atoms with Crippen molar-refractivity contribution in [2.45, 2.75) is 12.5 Å². The summed E-state index contributed by atoms with van der Waals surface area (Å²) >= 11 is 0. The fraction of sp³-hybridized carbons (Fsp3) is 0.444. The molecule has 2 saturated heterocycles. The molecule has 2 amide bonds. The molecular weight excluding hydrogens is 337 g/mol. The van der Waals surface area contributed by atoms with E-state index in [9.17, 15) is 9.18 Å². The summed E-state index contributed by atoms with van der Waals surface area (Å²) in [5.41, 5.74) is 1.32. The van der Waals surface area contributed by atoms with Crippen molar-refractivity contribution >= 4 is 17.4 Å². The van der Waals surface area contributed by atoms with Crippen LogP contribution in [0, 0.1) is 5.82 Å². The molecule has 4 rings (SSSR count). The lowest BCUT2D eigenvalue weighted by Crippen LogP contribution is -2.38. The summed E-state index contributed by atoms with van der Waals surface area (Å²) < 4.78 is 21.0. The van der Waals surface area contributed by atoms with Crippen LogP contribution in [-0.4, -0.2) is 60.1 Å². The lowest BCUT2D eigenvalue weighted by atomic mass is 10.2. The second kappa shape index (κ2) is 7.33. The SMILES string of the molecule is O=C(Nc1ccc(F)cc1N1CCOCC1)N1CCC(n2cccn2)C1. The zero-order chi connectivity index (χ0) is 17.9. The molecule has 8 heteroatoms. The van der Waals surface area contributed by atoms with E-state index < -0.39 is 0 Å². The number of likely N-dealkylation sites (tertiary alicyclic amines) is 1. The average molecular weight is 359 g/mol. The summed E-state index contributed by atoms with van der Waals surface area (Å²) in [5, 5.41) is 7.21. The number of carbonyl (C=O) groups excluding carboxylic acids is 1. The smallest absolute Gasteiger partial charge is 0.321 e. The number of ether oxygens (including phenoxy) is 1. The molecule has 1 unspecified atom stereocenters. The van der Waals surface area contributed by atoms with Gasteiger partial charge < -0.3 is 19.9 Å². The maximum absolute atomic E-state index is 13.8. The number of anilines is 2. The van der Waals surface area contributed by atoms with Crippen molar-refractivity contribution in [1.29, 1.82) is 0 Å². The van der Waals surface area contributed by atoms with Crippen LogP contribution < -0.4 is 10.2 Å². The van der Waals surface area contributed by atoms with E-state index in [1.165, 1.54) is 12.1 Å². The normalized spacial score (nSPS) is 20.4. The van der Waals surface area contributed by atoms with Crippen molar-refractivity contribution in [2.24, 2.45) is 0 Å². The van der Waals surface area contributed by atoms with Gasteiger partial charge in [-0.05, 0) is 30.7 Å². The van der Waals surface area contributed by atoms with Crippen molar-refractivity contribution in [1.82, 2.24) is 14.7 Å². The van der Waals surface area contributed by atoms with Gasteiger partial charge >= 0.3 is 6.03 Å². The van der Waals surface area contributed by atoms with E-state index in [0.717, 1.165) is 6.42 Å². The Hall–Kier alpha value is -2.61. The van der Waals surface area contributed by atoms with Crippen molar-refractivity contribution in [3.05, 3.63) is 42.5 Å². The zero-order valence-electron chi connectivity index (χ0n) is 14.5. The third-order valence-corrected chi connectivity index (χ3v) is 4.90. The Morgan fingerprint density at radius 3 is 2.88 bits per heavy atom. The highest BCUT2D eigenvalue weighted by atomic mass is 19.1. The van der Waals surface area contributed by atoms with Gasteiger partial charge in [0.05, 0.1) is 30.6 Å². The minimum Gasteiger partial charge on any atom is -0.378 e. The van der Waals surface area contributed by atoms with Crippen LogP contribution in [0.1, 0.15) is 12.5 Å². The van der Waals surface area contributed by atoms with Crippen LogP contribution in [0.2, 0.25) is 0 Å². The van der Waals surface area contributed by atoms with Gasteiger partial charge in [-0.2, -0.15) is 5.10 Å². The number of halogens is 1. The first kappa shape index (κ1) is 16.8. The largest absolute Gasteiger partial charge is 0.378 e. The van der Waals surface area contributed by atoms with Crippen LogP contribution in [0.25, 0.3) is 0 Å². The van der Waals surface area contributed by atoms with Gasteiger partial charge in [0.15, 0.2) is 0 Å². The van der Waals surface area contributed by atoms with Crippen LogP contribution in [0.4, 0.5) is 20.6 Å². The van der Waals surface area contributed by atoms with Crippen molar-refractivity contribution in [2.75, 3.05) is 49.6 Å². The molecule has 2 fully saturated rings. The number of morpholine rings is 1. The van der Waals surface area contributed by atoms with E-state index in [1.54, 1.807) is 17.2 Å². The molecule has 0 aliphatic carbocycles. The Labute approximate surface area is 151 Å². The van der Waals surface area contributed by atoms with Crippen LogP contribution in [0.5, 0.6) is 0 Å². The predicted molar refractivity (Wildman–Crippen MR) is 95.9 cm³/mol. The Balaban J connectivity index is 1.46. The summed E-state index contributed by atoms with van der Waals surface area (Å²) in [7, 11) is 0. The molecule has 26 heavy (non-hydrogen) atoms. The molecule has 2 aromatic rings. The third-order valence-electron chi connectivity index (χ3n) is 4.90. The Kier molecular flexibility index (Phi) is 4.75. The predicted octanol–water partition coefficient (Wildman–Crippen LogP) is 2.34. The summed E-state index contributed by atoms with van der Waals surface area (Å²) in [6.07, 6.45) is 4.53. The molecule has 2 aliphatic rings. The van der Waals surface area contributed by atoms with E-state index in [0.29, 0.717) is 50.8 Å². The lowest BCUT2D eigenvalue weighted by Gasteiger charge is -2.31. The minimum absolute atomic E-state index is 0.166. The zero-order valence-corrected chi connectivity index (χ0v) is 14.5. The van der Waals surface area contributed by atoms with Gasteiger partial charge in [-0.25, -0.2) is 9.18 Å². The summed E-state index contributed by atoms with van der Waals surface area (Å²) in [5.74, 6) is -0.315. The fourth-order valence-electron chi connectivity index (χ4n) is 3.51. The molecule has 0 bridgehead atoms. The first-order chi connectivity index (χ1) is 12.7. The number of rotatable bonds is 3. The Bertz CT molecular complexity index is 761. The quantitative estimate of drug-likeness (QED) is 0.914. The number of carbonyl (C=O) groups is 1. The molecule has 0 radical (unpaired) electrons. The molecule has 0 saturated carbocycles. The van der Waals surface area contributed by atoms with E-state index in [1.807, 2.05) is 21.8 Å². The monoisotopic (exact) mass is 359 g/mol. The molecule has 138 valence electrons. The maximum Gasteiger partial charge on any atom is 0.321 e. The maximum atomic E-state index is 13.8. The highest BCUT2D eigenvalue weighted by Gasteiger charge is 2.28. The number of amides is 2. The fourth-order valence-corrected chi connectivity index (χ4v) is 3.51. The van der Waals surface area contributed by atoms with E-state index in [4.69, 9.17) is 4.74 Å². The first-order valence-electron chi connectivity index (χ1n) is 8.88. The van der Waals surface area contributed by atoms with E-state index >= 15 is 0 Å². The van der Waals surface area contributed by atoms with E-state index in [-0.39, 0.29) is 17.9 Å². The minimum atomic E-state index is -0.315. The number of hydrogen-bond donors (Lipinski definition) is 1. The third kappa shape index (κ3) is 3.50. The van der Waals surface area contributed by atoms with Gasteiger partial charge in [-0.3, -0.25) is 4.68 Å². The van der Waals surface area contributed by atoms with Gasteiger partial charge in [0, 0.05) is 38.6 Å². The second-order valence-corrected chi connectivity index (χ2v) is 6.57. The van der Waals surface area contributed by atoms with Gasteiger partial charge in [-0.15, -0.1) is 0 Å². The Morgan fingerprint density at radius 1 is 1.27 bits per heavy atom. The molecular formula is C18H22FN5O2. The standard InChI is InChI=1S/C18H22FN5O2/c19-14-2-3-16(17(12-14)22-8-10-26-11-9-22)21-18(25)23-7-4-15(13-23)24-6-1-5-20-24/h1-3,5-6,12,15H,4,7-11,13H2,(H,21,25). The molecule has 3 heterocycles. The average Bonchev–Trinajstić information content (AvgIpc) is 3.35. The summed E-state index contributed by atoms with van der Waals surface area (Å²) in [6, 6.07) is 6.38. The second-order valence-electron chi connectivity index (χ2n) is 6.57. The molecule has 1 aromatic heterocycles. The van der Waals surface area contributed by atoms with Crippen LogP contribution in [0.15, 0.2) is 36.7 Å². The molecule has 0 spiro atoms. The number of nitrogens with one attached hydrogen (secondary N) is 1. The van der Waals surface area contributed by atoms with Gasteiger partial charge in [-0.1, -0.05) is 0 Å². The molecule has 2 aliphatic heterocycles. The summed E-state index contributed by atoms with van der Waals surface area (Å²) in [6.45, 7) is 3.84. The van der Waals surface area contributed by atoms with Crippen LogP contribution >= 0.6 is 0 Å². The highest BCUT2D eigenvalue weighted by molar-refractivity contribution is 5.93. The number of nitrogens with zero attached hydrogens (tertiary/aromatic N) is 4. The summed E-state index contributed by atoms with van der Waals surface area (Å²) in [4.78, 5) is 16.5. The van der Waals surface area contributed by atoms with E-state index in [2.05, 4.69) is 10.4 Å². The lowest BCUT2D eigenvalue weighted by molar-refractivity contribution is 0.122. The number of urea groups is 1. The number of aromatic nitrogens is 2. The van der Waals surface area contributed by atoms with Gasteiger partial charge in [0.1, 0.15) is 5.82 Å². The Morgan fingerprint density at radius 2 is 2.12 bits per heavy atom. The molecule has 1 atom stereocenters. The first-order valence-corrected chi connectivity index (χ1v) is 8.88. The molecule has 1 N–H and O–H groups in total. The van der Waals surface area contributed by atoms with Gasteiger partial charge in [0.2, 0.25) is 0 Å². The molecule has 1 aromatic carbocycles. The van der Waals surface area contributed by atoms with Crippen LogP contribution in [0.3, 0.4) is 0 Å².